The summed E-state index contributed by atoms with van der Waals surface area (Å²) in [5, 5.41) is -0.00145. The zero-order valence-electron chi connectivity index (χ0n) is 9.68. The largest absolute Gasteiger partial charge is 0.468 e. The number of ether oxygens (including phenoxy) is 1. The summed E-state index contributed by atoms with van der Waals surface area (Å²) in [5.74, 6) is -0.677. The second-order valence-electron chi connectivity index (χ2n) is 3.39. The maximum absolute atomic E-state index is 12.2. The Kier molecular flexibility index (Phi) is 4.98. The van der Waals surface area contributed by atoms with E-state index in [1.807, 2.05) is 0 Å². The first-order valence-corrected chi connectivity index (χ1v) is 6.97. The number of likely N-dealkylation sites (N-methyl/N-ethyl adjacent to an activating group) is 1. The van der Waals surface area contributed by atoms with Crippen LogP contribution in [0.5, 0.6) is 0 Å². The summed E-state index contributed by atoms with van der Waals surface area (Å²) in [5.41, 5.74) is 0. The highest BCUT2D eigenvalue weighted by molar-refractivity contribution is 7.89. The number of methoxy groups -OCH3 is 1. The zero-order chi connectivity index (χ0) is 13.9. The Morgan fingerprint density at radius 3 is 2.28 bits per heavy atom. The van der Waals surface area contributed by atoms with Crippen molar-refractivity contribution in [3.63, 3.8) is 0 Å². The summed E-state index contributed by atoms with van der Waals surface area (Å²) in [6, 6.07) is 4.35. The van der Waals surface area contributed by atoms with Crippen molar-refractivity contribution in [3.05, 3.63) is 28.2 Å². The van der Waals surface area contributed by atoms with E-state index in [4.69, 9.17) is 23.2 Å². The third kappa shape index (κ3) is 3.14. The number of hydrogen-bond acceptors (Lipinski definition) is 4. The molecular weight excluding hydrogens is 301 g/mol. The van der Waals surface area contributed by atoms with Gasteiger partial charge in [-0.25, -0.2) is 8.42 Å². The number of carbonyl (C=O) groups is 1. The third-order valence-corrected chi connectivity index (χ3v) is 4.93. The fraction of sp³-hybridized carbons (Fsp3) is 0.300. The molecule has 0 atom stereocenters. The molecule has 1 rings (SSSR count). The number of carbonyl (C=O) groups excluding carboxylic acids is 1. The summed E-state index contributed by atoms with van der Waals surface area (Å²) in [6.07, 6.45) is 0. The molecule has 0 spiro atoms. The van der Waals surface area contributed by atoms with Crippen LogP contribution in [0.4, 0.5) is 0 Å². The Bertz CT molecular complexity index is 539. The van der Waals surface area contributed by atoms with Crippen LogP contribution in [-0.2, 0) is 19.6 Å². The molecule has 0 bridgehead atoms. The Labute approximate surface area is 115 Å². The lowest BCUT2D eigenvalue weighted by atomic mass is 10.4. The van der Waals surface area contributed by atoms with E-state index in [9.17, 15) is 13.2 Å². The van der Waals surface area contributed by atoms with Crippen LogP contribution in [-0.4, -0.2) is 39.4 Å². The summed E-state index contributed by atoms with van der Waals surface area (Å²) in [4.78, 5) is 10.9. The summed E-state index contributed by atoms with van der Waals surface area (Å²) < 4.78 is 29.6. The molecule has 0 unspecified atom stereocenters. The lowest BCUT2D eigenvalue weighted by Crippen LogP contribution is -2.33. The van der Waals surface area contributed by atoms with Crippen molar-refractivity contribution >= 4 is 39.2 Å². The van der Waals surface area contributed by atoms with E-state index < -0.39 is 22.5 Å². The molecule has 5 nitrogen and oxygen atoms in total. The van der Waals surface area contributed by atoms with Gasteiger partial charge in [0, 0.05) is 7.05 Å². The van der Waals surface area contributed by atoms with Crippen LogP contribution in [0.15, 0.2) is 23.1 Å². The van der Waals surface area contributed by atoms with Crippen LogP contribution < -0.4 is 0 Å². The summed E-state index contributed by atoms with van der Waals surface area (Å²) in [6.45, 7) is -0.416. The molecule has 8 heteroatoms. The highest BCUT2D eigenvalue weighted by Crippen LogP contribution is 2.30. The van der Waals surface area contributed by atoms with Crippen LogP contribution >= 0.6 is 23.2 Å². The molecular formula is C10H11Cl2NO4S. The number of nitrogens with zero attached hydrogens (tertiary/aromatic N) is 1. The van der Waals surface area contributed by atoms with Gasteiger partial charge in [-0.15, -0.1) is 0 Å². The van der Waals surface area contributed by atoms with E-state index in [1.54, 1.807) is 0 Å². The van der Waals surface area contributed by atoms with E-state index in [0.29, 0.717) is 0 Å². The predicted molar refractivity (Wildman–Crippen MR) is 68.3 cm³/mol. The van der Waals surface area contributed by atoms with Gasteiger partial charge in [0.2, 0.25) is 10.0 Å². The summed E-state index contributed by atoms with van der Waals surface area (Å²) in [7, 11) is -1.52. The Hall–Kier alpha value is -0.820. The zero-order valence-corrected chi connectivity index (χ0v) is 12.0. The molecule has 0 amide bonds. The number of esters is 1. The van der Waals surface area contributed by atoms with Crippen LogP contribution in [0, 0.1) is 0 Å². The molecule has 0 aliphatic rings. The van der Waals surface area contributed by atoms with E-state index in [2.05, 4.69) is 4.74 Å². The summed E-state index contributed by atoms with van der Waals surface area (Å²) >= 11 is 11.6. The Morgan fingerprint density at radius 2 is 1.83 bits per heavy atom. The number of benzene rings is 1. The topological polar surface area (TPSA) is 63.7 Å². The molecule has 0 aliphatic heterocycles. The average Bonchev–Trinajstić information content (AvgIpc) is 2.28. The van der Waals surface area contributed by atoms with E-state index >= 15 is 0 Å². The van der Waals surface area contributed by atoms with Crippen molar-refractivity contribution in [2.45, 2.75) is 4.90 Å². The smallest absolute Gasteiger partial charge is 0.321 e. The molecule has 0 aliphatic carbocycles. The SMILES string of the molecule is COC(=O)CN(C)S(=O)(=O)c1c(Cl)cccc1Cl. The van der Waals surface area contributed by atoms with Crippen LogP contribution in [0.1, 0.15) is 0 Å². The molecule has 0 fully saturated rings. The van der Waals surface area contributed by atoms with E-state index in [0.717, 1.165) is 4.31 Å². The standard InChI is InChI=1S/C10H11Cl2NO4S/c1-13(6-9(14)17-2)18(15,16)10-7(11)4-3-5-8(10)12/h3-5H,6H2,1-2H3. The first kappa shape index (κ1) is 15.2. The third-order valence-electron chi connectivity index (χ3n) is 2.17. The first-order valence-electron chi connectivity index (χ1n) is 4.78. The van der Waals surface area contributed by atoms with Crippen LogP contribution in [0.25, 0.3) is 0 Å². The predicted octanol–water partition coefficient (Wildman–Crippen LogP) is 1.79. The van der Waals surface area contributed by atoms with Gasteiger partial charge in [-0.05, 0) is 12.1 Å². The lowest BCUT2D eigenvalue weighted by molar-refractivity contribution is -0.140. The minimum absolute atomic E-state index is 0.000726. The monoisotopic (exact) mass is 311 g/mol. The van der Waals surface area contributed by atoms with Crippen molar-refractivity contribution in [3.8, 4) is 0 Å². The Morgan fingerprint density at radius 1 is 1.33 bits per heavy atom. The van der Waals surface area contributed by atoms with Gasteiger partial charge in [0.05, 0.1) is 17.2 Å². The second-order valence-corrected chi connectivity index (χ2v) is 6.18. The molecule has 0 aromatic heterocycles. The Balaban J connectivity index is 3.18. The number of sulfonamides is 1. The number of halogens is 2. The lowest BCUT2D eigenvalue weighted by Gasteiger charge is -2.17. The quantitative estimate of drug-likeness (QED) is 0.795. The fourth-order valence-electron chi connectivity index (χ4n) is 1.22. The highest BCUT2D eigenvalue weighted by Gasteiger charge is 2.27. The molecule has 1 aromatic carbocycles. The van der Waals surface area contributed by atoms with Gasteiger partial charge in [0.25, 0.3) is 0 Å². The van der Waals surface area contributed by atoms with Crippen molar-refractivity contribution in [2.24, 2.45) is 0 Å². The molecule has 0 saturated carbocycles. The normalized spacial score (nSPS) is 11.6. The molecule has 100 valence electrons. The van der Waals surface area contributed by atoms with Gasteiger partial charge in [0.15, 0.2) is 0 Å². The van der Waals surface area contributed by atoms with Gasteiger partial charge >= 0.3 is 5.97 Å². The van der Waals surface area contributed by atoms with Gasteiger partial charge in [0.1, 0.15) is 11.4 Å². The average molecular weight is 312 g/mol. The molecule has 1 aromatic rings. The van der Waals surface area contributed by atoms with E-state index in [1.165, 1.54) is 32.4 Å². The van der Waals surface area contributed by atoms with Gasteiger partial charge < -0.3 is 4.74 Å². The molecule has 0 heterocycles. The number of rotatable bonds is 4. The maximum atomic E-state index is 12.2. The van der Waals surface area contributed by atoms with Crippen LogP contribution in [0.2, 0.25) is 10.0 Å². The van der Waals surface area contributed by atoms with E-state index in [-0.39, 0.29) is 14.9 Å². The molecule has 0 saturated heterocycles. The molecule has 0 N–H and O–H groups in total. The molecule has 0 radical (unpaired) electrons. The van der Waals surface area contributed by atoms with Gasteiger partial charge in [-0.3, -0.25) is 4.79 Å². The maximum Gasteiger partial charge on any atom is 0.321 e. The van der Waals surface area contributed by atoms with Gasteiger partial charge in [-0.2, -0.15) is 4.31 Å². The minimum Gasteiger partial charge on any atom is -0.468 e. The van der Waals surface area contributed by atoms with Crippen molar-refractivity contribution in [1.29, 1.82) is 0 Å². The minimum atomic E-state index is -3.94. The van der Waals surface area contributed by atoms with Crippen LogP contribution in [0.3, 0.4) is 0 Å². The van der Waals surface area contributed by atoms with Crippen molar-refractivity contribution in [2.75, 3.05) is 20.7 Å². The molecule has 18 heavy (non-hydrogen) atoms. The highest BCUT2D eigenvalue weighted by atomic mass is 35.5. The first-order chi connectivity index (χ1) is 8.30. The van der Waals surface area contributed by atoms with Crippen molar-refractivity contribution in [1.82, 2.24) is 4.31 Å². The fourth-order valence-corrected chi connectivity index (χ4v) is 3.41. The number of hydrogen-bond donors (Lipinski definition) is 0. The second kappa shape index (κ2) is 5.88. The van der Waals surface area contributed by atoms with Crippen molar-refractivity contribution < 1.29 is 17.9 Å². The van der Waals surface area contributed by atoms with Gasteiger partial charge in [-0.1, -0.05) is 29.3 Å².